The summed E-state index contributed by atoms with van der Waals surface area (Å²) < 4.78 is 1.76. The van der Waals surface area contributed by atoms with Gasteiger partial charge >= 0.3 is 0 Å². The van der Waals surface area contributed by atoms with Crippen molar-refractivity contribution in [3.8, 4) is 0 Å². The Morgan fingerprint density at radius 2 is 2.10 bits per heavy atom. The van der Waals surface area contributed by atoms with E-state index in [2.05, 4.69) is 20.0 Å². The normalized spacial score (nSPS) is 26.4. The van der Waals surface area contributed by atoms with Crippen LogP contribution in [0.5, 0.6) is 0 Å². The molecule has 2 aromatic rings. The summed E-state index contributed by atoms with van der Waals surface area (Å²) in [5.41, 5.74) is 0.824. The van der Waals surface area contributed by atoms with Crippen molar-refractivity contribution in [2.24, 2.45) is 13.0 Å². The lowest BCUT2D eigenvalue weighted by molar-refractivity contribution is 0.103. The van der Waals surface area contributed by atoms with Gasteiger partial charge in [0.15, 0.2) is 5.65 Å². The van der Waals surface area contributed by atoms with E-state index in [4.69, 9.17) is 11.6 Å². The number of rotatable bonds is 2. The van der Waals surface area contributed by atoms with Crippen LogP contribution < -0.4 is 0 Å². The van der Waals surface area contributed by atoms with Crippen molar-refractivity contribution in [1.29, 1.82) is 0 Å². The van der Waals surface area contributed by atoms with E-state index in [1.807, 2.05) is 7.05 Å². The number of likely N-dealkylation sites (tertiary alicyclic amines) is 1. The molecule has 0 bridgehead atoms. The van der Waals surface area contributed by atoms with Crippen molar-refractivity contribution in [3.63, 3.8) is 0 Å². The molecule has 1 aliphatic heterocycles. The molecule has 0 radical (unpaired) electrons. The molecular weight excluding hydrogens is 286 g/mol. The molecule has 0 amide bonds. The van der Waals surface area contributed by atoms with Gasteiger partial charge in [0, 0.05) is 13.1 Å². The molecule has 2 aromatic heterocycles. The van der Waals surface area contributed by atoms with E-state index >= 15 is 0 Å². The summed E-state index contributed by atoms with van der Waals surface area (Å²) in [6.07, 6.45) is 8.51. The Labute approximate surface area is 129 Å². The molecule has 0 N–H and O–H groups in total. The molecule has 0 aromatic carbocycles. The molecule has 2 aliphatic rings. The molecule has 5 nitrogen and oxygen atoms in total. The maximum absolute atomic E-state index is 6.28. The monoisotopic (exact) mass is 305 g/mol. The highest BCUT2D eigenvalue weighted by Gasteiger charge is 2.35. The number of piperidine rings is 1. The predicted molar refractivity (Wildman–Crippen MR) is 82.1 cm³/mol. The van der Waals surface area contributed by atoms with Crippen molar-refractivity contribution >= 4 is 22.6 Å². The summed E-state index contributed by atoms with van der Waals surface area (Å²) in [6.45, 7) is 1.97. The molecule has 6 heteroatoms. The fraction of sp³-hybridized carbons (Fsp3) is 0.667. The predicted octanol–water partition coefficient (Wildman–Crippen LogP) is 2.78. The highest BCUT2D eigenvalue weighted by atomic mass is 35.5. The quantitative estimate of drug-likeness (QED) is 0.801. The van der Waals surface area contributed by atoms with Crippen LogP contribution in [-0.2, 0) is 13.6 Å². The third-order valence-corrected chi connectivity index (χ3v) is 5.33. The van der Waals surface area contributed by atoms with Crippen LogP contribution in [0.3, 0.4) is 0 Å². The van der Waals surface area contributed by atoms with Gasteiger partial charge in [-0.05, 0) is 38.1 Å². The lowest BCUT2D eigenvalue weighted by Gasteiger charge is -2.37. The van der Waals surface area contributed by atoms with E-state index in [1.165, 1.54) is 32.1 Å². The standard InChI is InChI=1S/C15H20ClN5/c1-20-15-11(8-17-20)14(16)18-13(19-15)9-21-7-3-5-10-4-2-6-12(10)21/h8,10,12H,2-7,9H2,1H3. The van der Waals surface area contributed by atoms with E-state index < -0.39 is 0 Å². The first-order valence-corrected chi connectivity index (χ1v) is 8.18. The number of halogens is 1. The van der Waals surface area contributed by atoms with Gasteiger partial charge in [-0.1, -0.05) is 18.0 Å². The fourth-order valence-corrected chi connectivity index (χ4v) is 4.27. The third-order valence-electron chi connectivity index (χ3n) is 5.04. The average molecular weight is 306 g/mol. The summed E-state index contributed by atoms with van der Waals surface area (Å²) >= 11 is 6.28. The molecule has 2 unspecified atom stereocenters. The molecule has 1 aliphatic carbocycles. The zero-order chi connectivity index (χ0) is 14.4. The molecule has 2 atom stereocenters. The van der Waals surface area contributed by atoms with Gasteiger partial charge in [0.25, 0.3) is 0 Å². The summed E-state index contributed by atoms with van der Waals surface area (Å²) in [4.78, 5) is 11.7. The number of fused-ring (bicyclic) bond motifs is 2. The SMILES string of the molecule is Cn1ncc2c(Cl)nc(CN3CCCC4CCCC43)nc21. The van der Waals surface area contributed by atoms with Crippen molar-refractivity contribution < 1.29 is 0 Å². The van der Waals surface area contributed by atoms with Gasteiger partial charge in [-0.3, -0.25) is 9.58 Å². The lowest BCUT2D eigenvalue weighted by Crippen LogP contribution is -2.42. The molecule has 3 heterocycles. The van der Waals surface area contributed by atoms with Crippen LogP contribution >= 0.6 is 11.6 Å². The second-order valence-corrected chi connectivity index (χ2v) is 6.67. The summed E-state index contributed by atoms with van der Waals surface area (Å²) in [6, 6.07) is 0.725. The fourth-order valence-electron chi connectivity index (χ4n) is 4.04. The average Bonchev–Trinajstić information content (AvgIpc) is 3.07. The van der Waals surface area contributed by atoms with Crippen molar-refractivity contribution in [3.05, 3.63) is 17.2 Å². The highest BCUT2D eigenvalue weighted by molar-refractivity contribution is 6.33. The maximum Gasteiger partial charge on any atom is 0.162 e. The van der Waals surface area contributed by atoms with Crippen LogP contribution in [0.25, 0.3) is 11.0 Å². The molecule has 0 spiro atoms. The third kappa shape index (κ3) is 2.32. The Hall–Kier alpha value is -1.20. The summed E-state index contributed by atoms with van der Waals surface area (Å²) in [5.74, 6) is 1.71. The van der Waals surface area contributed by atoms with Crippen LogP contribution in [-0.4, -0.2) is 37.2 Å². The Morgan fingerprint density at radius 3 is 3.00 bits per heavy atom. The maximum atomic E-state index is 6.28. The van der Waals surface area contributed by atoms with E-state index in [0.29, 0.717) is 5.15 Å². The number of aryl methyl sites for hydroxylation is 1. The van der Waals surface area contributed by atoms with E-state index in [-0.39, 0.29) is 0 Å². The summed E-state index contributed by atoms with van der Waals surface area (Å²) in [5, 5.41) is 5.56. The van der Waals surface area contributed by atoms with Gasteiger partial charge in [0.05, 0.1) is 18.1 Å². The van der Waals surface area contributed by atoms with Gasteiger partial charge in [-0.15, -0.1) is 0 Å². The van der Waals surface area contributed by atoms with Crippen LogP contribution in [0.15, 0.2) is 6.20 Å². The Morgan fingerprint density at radius 1 is 1.24 bits per heavy atom. The smallest absolute Gasteiger partial charge is 0.162 e. The van der Waals surface area contributed by atoms with Crippen LogP contribution in [0.2, 0.25) is 5.15 Å². The van der Waals surface area contributed by atoms with Crippen molar-refractivity contribution in [1.82, 2.24) is 24.6 Å². The second kappa shape index (κ2) is 5.21. The molecule has 4 rings (SSSR count). The van der Waals surface area contributed by atoms with E-state index in [9.17, 15) is 0 Å². The molecular formula is C15H20ClN5. The highest BCUT2D eigenvalue weighted by Crippen LogP contribution is 2.37. The van der Waals surface area contributed by atoms with Crippen molar-refractivity contribution in [2.75, 3.05) is 6.54 Å². The molecule has 1 saturated carbocycles. The molecule has 112 valence electrons. The zero-order valence-corrected chi connectivity index (χ0v) is 13.1. The number of aromatic nitrogens is 4. The minimum absolute atomic E-state index is 0.517. The summed E-state index contributed by atoms with van der Waals surface area (Å²) in [7, 11) is 1.89. The van der Waals surface area contributed by atoms with Gasteiger partial charge in [0.1, 0.15) is 11.0 Å². The number of hydrogen-bond donors (Lipinski definition) is 0. The first-order valence-electron chi connectivity index (χ1n) is 7.80. The molecule has 2 fully saturated rings. The Kier molecular flexibility index (Phi) is 3.34. The van der Waals surface area contributed by atoms with Crippen molar-refractivity contribution in [2.45, 2.75) is 44.7 Å². The van der Waals surface area contributed by atoms with Gasteiger partial charge in [0.2, 0.25) is 0 Å². The van der Waals surface area contributed by atoms with Gasteiger partial charge < -0.3 is 0 Å². The second-order valence-electron chi connectivity index (χ2n) is 6.31. The number of nitrogens with zero attached hydrogens (tertiary/aromatic N) is 5. The van der Waals surface area contributed by atoms with Crippen LogP contribution in [0.1, 0.15) is 37.9 Å². The molecule has 1 saturated heterocycles. The Balaban J connectivity index is 1.63. The van der Waals surface area contributed by atoms with Gasteiger partial charge in [-0.25, -0.2) is 9.97 Å². The minimum atomic E-state index is 0.517. The van der Waals surface area contributed by atoms with Crippen LogP contribution in [0, 0.1) is 5.92 Å². The first-order chi connectivity index (χ1) is 10.2. The van der Waals surface area contributed by atoms with E-state index in [1.54, 1.807) is 10.9 Å². The number of hydrogen-bond acceptors (Lipinski definition) is 4. The zero-order valence-electron chi connectivity index (χ0n) is 12.3. The topological polar surface area (TPSA) is 46.8 Å². The first kappa shape index (κ1) is 13.5. The van der Waals surface area contributed by atoms with E-state index in [0.717, 1.165) is 41.9 Å². The lowest BCUT2D eigenvalue weighted by atomic mass is 9.92. The minimum Gasteiger partial charge on any atom is -0.293 e. The molecule has 21 heavy (non-hydrogen) atoms. The van der Waals surface area contributed by atoms with Gasteiger partial charge in [-0.2, -0.15) is 5.10 Å². The largest absolute Gasteiger partial charge is 0.293 e. The van der Waals surface area contributed by atoms with Crippen LogP contribution in [0.4, 0.5) is 0 Å². The Bertz CT molecular complexity index is 667.